The van der Waals surface area contributed by atoms with E-state index in [1.165, 1.54) is 37.9 Å². The van der Waals surface area contributed by atoms with Crippen LogP contribution < -0.4 is 0 Å². The molecule has 2 rings (SSSR count). The van der Waals surface area contributed by atoms with Crippen LogP contribution in [-0.2, 0) is 6.42 Å². The Labute approximate surface area is 98.5 Å². The van der Waals surface area contributed by atoms with E-state index in [0.717, 1.165) is 12.5 Å². The Kier molecular flexibility index (Phi) is 4.02. The average molecular weight is 213 g/mol. The lowest BCUT2D eigenvalue weighted by Gasteiger charge is -2.30. The van der Waals surface area contributed by atoms with Gasteiger partial charge in [0.2, 0.25) is 0 Å². The fourth-order valence-corrected chi connectivity index (χ4v) is 2.43. The molecule has 0 radical (unpaired) electrons. The van der Waals surface area contributed by atoms with Crippen molar-refractivity contribution in [2.75, 3.05) is 19.6 Å². The molecule has 0 aliphatic carbocycles. The van der Waals surface area contributed by atoms with Crippen molar-refractivity contribution in [1.82, 2.24) is 4.90 Å². The molecule has 1 aliphatic heterocycles. The molecule has 0 amide bonds. The van der Waals surface area contributed by atoms with E-state index in [2.05, 4.69) is 41.2 Å². The molecule has 16 heavy (non-hydrogen) atoms. The van der Waals surface area contributed by atoms with Gasteiger partial charge in [-0.25, -0.2) is 0 Å². The molecule has 1 heteroatoms. The minimum absolute atomic E-state index is 0.818. The van der Waals surface area contributed by atoms with E-state index in [4.69, 9.17) is 6.42 Å². The monoisotopic (exact) mass is 213 g/mol. The predicted molar refractivity (Wildman–Crippen MR) is 68.1 cm³/mol. The van der Waals surface area contributed by atoms with Crippen LogP contribution >= 0.6 is 0 Å². The van der Waals surface area contributed by atoms with Crippen molar-refractivity contribution in [2.24, 2.45) is 5.92 Å². The second-order valence-electron chi connectivity index (χ2n) is 4.61. The number of likely N-dealkylation sites (tertiary alicyclic amines) is 1. The Morgan fingerprint density at radius 2 is 1.88 bits per heavy atom. The van der Waals surface area contributed by atoms with E-state index in [1.807, 2.05) is 0 Å². The summed E-state index contributed by atoms with van der Waals surface area (Å²) < 4.78 is 0. The molecule has 1 nitrogen and oxygen atoms in total. The maximum atomic E-state index is 5.33. The fourth-order valence-electron chi connectivity index (χ4n) is 2.43. The lowest BCUT2D eigenvalue weighted by molar-refractivity contribution is 0.203. The summed E-state index contributed by atoms with van der Waals surface area (Å²) in [4.78, 5) is 2.38. The molecular formula is C15H19N. The van der Waals surface area contributed by atoms with Crippen molar-refractivity contribution in [3.63, 3.8) is 0 Å². The summed E-state index contributed by atoms with van der Waals surface area (Å²) >= 11 is 0. The van der Waals surface area contributed by atoms with Crippen LogP contribution in [0.2, 0.25) is 0 Å². The molecule has 0 N–H and O–H groups in total. The molecular weight excluding hydrogens is 194 g/mol. The van der Waals surface area contributed by atoms with Gasteiger partial charge < -0.3 is 0 Å². The molecule has 1 aliphatic rings. The highest BCUT2D eigenvalue weighted by Crippen LogP contribution is 2.21. The van der Waals surface area contributed by atoms with E-state index in [0.29, 0.717) is 0 Å². The smallest absolute Gasteiger partial charge is 0.0598 e. The molecule has 0 saturated carbocycles. The minimum atomic E-state index is 0.818. The third-order valence-electron chi connectivity index (χ3n) is 3.39. The van der Waals surface area contributed by atoms with Crippen LogP contribution in [0.25, 0.3) is 0 Å². The van der Waals surface area contributed by atoms with E-state index in [-0.39, 0.29) is 0 Å². The summed E-state index contributed by atoms with van der Waals surface area (Å²) in [6.07, 6.45) is 9.13. The summed E-state index contributed by atoms with van der Waals surface area (Å²) in [6.45, 7) is 3.15. The predicted octanol–water partition coefficient (Wildman–Crippen LogP) is 2.57. The zero-order chi connectivity index (χ0) is 11.2. The van der Waals surface area contributed by atoms with Crippen molar-refractivity contribution in [2.45, 2.75) is 19.3 Å². The average Bonchev–Trinajstić information content (AvgIpc) is 2.33. The molecule has 0 atom stereocenters. The van der Waals surface area contributed by atoms with Crippen LogP contribution in [0.4, 0.5) is 0 Å². The van der Waals surface area contributed by atoms with E-state index in [1.54, 1.807) is 0 Å². The van der Waals surface area contributed by atoms with Gasteiger partial charge in [0.15, 0.2) is 0 Å². The first-order valence-corrected chi connectivity index (χ1v) is 6.08. The molecule has 1 aromatic carbocycles. The third-order valence-corrected chi connectivity index (χ3v) is 3.39. The van der Waals surface area contributed by atoms with Gasteiger partial charge in [0, 0.05) is 0 Å². The largest absolute Gasteiger partial charge is 0.292 e. The Balaban J connectivity index is 1.80. The van der Waals surface area contributed by atoms with Crippen LogP contribution in [0, 0.1) is 18.3 Å². The van der Waals surface area contributed by atoms with E-state index >= 15 is 0 Å². The number of benzene rings is 1. The van der Waals surface area contributed by atoms with Crippen molar-refractivity contribution in [3.05, 3.63) is 35.9 Å². The van der Waals surface area contributed by atoms with Crippen LogP contribution in [0.15, 0.2) is 30.3 Å². The summed E-state index contributed by atoms with van der Waals surface area (Å²) in [5, 5.41) is 0. The first-order valence-electron chi connectivity index (χ1n) is 6.08. The first kappa shape index (κ1) is 11.2. The van der Waals surface area contributed by atoms with Crippen molar-refractivity contribution in [3.8, 4) is 12.3 Å². The van der Waals surface area contributed by atoms with Gasteiger partial charge in [0.05, 0.1) is 6.54 Å². The number of piperidine rings is 1. The van der Waals surface area contributed by atoms with E-state index in [9.17, 15) is 0 Å². The SMILES string of the molecule is C#CCN1CCC(Cc2ccccc2)CC1. The normalized spacial score (nSPS) is 18.2. The number of terminal acetylenes is 1. The maximum absolute atomic E-state index is 5.33. The zero-order valence-corrected chi connectivity index (χ0v) is 9.73. The van der Waals surface area contributed by atoms with Gasteiger partial charge in [0.1, 0.15) is 0 Å². The quantitative estimate of drug-likeness (QED) is 0.698. The van der Waals surface area contributed by atoms with Crippen molar-refractivity contribution in [1.29, 1.82) is 0 Å². The fraction of sp³-hybridized carbons (Fsp3) is 0.467. The molecule has 0 aromatic heterocycles. The Bertz CT molecular complexity index is 341. The molecule has 1 heterocycles. The minimum Gasteiger partial charge on any atom is -0.292 e. The standard InChI is InChI=1S/C15H19N/c1-2-10-16-11-8-15(9-12-16)13-14-6-4-3-5-7-14/h1,3-7,15H,8-13H2. The highest BCUT2D eigenvalue weighted by Gasteiger charge is 2.18. The topological polar surface area (TPSA) is 3.24 Å². The Morgan fingerprint density at radius 1 is 1.19 bits per heavy atom. The van der Waals surface area contributed by atoms with Crippen molar-refractivity contribution < 1.29 is 0 Å². The number of nitrogens with zero attached hydrogens (tertiary/aromatic N) is 1. The lowest BCUT2D eigenvalue weighted by atomic mass is 9.90. The molecule has 1 saturated heterocycles. The van der Waals surface area contributed by atoms with Gasteiger partial charge in [-0.3, -0.25) is 4.90 Å². The molecule has 0 bridgehead atoms. The highest BCUT2D eigenvalue weighted by atomic mass is 15.1. The van der Waals surface area contributed by atoms with Crippen LogP contribution in [0.5, 0.6) is 0 Å². The molecule has 1 fully saturated rings. The van der Waals surface area contributed by atoms with Gasteiger partial charge in [-0.05, 0) is 43.8 Å². The number of hydrogen-bond acceptors (Lipinski definition) is 1. The van der Waals surface area contributed by atoms with Gasteiger partial charge in [0.25, 0.3) is 0 Å². The van der Waals surface area contributed by atoms with Crippen LogP contribution in [0.1, 0.15) is 18.4 Å². The Hall–Kier alpha value is -1.26. The van der Waals surface area contributed by atoms with Gasteiger partial charge in [-0.15, -0.1) is 6.42 Å². The molecule has 0 unspecified atom stereocenters. The zero-order valence-electron chi connectivity index (χ0n) is 9.73. The first-order chi connectivity index (χ1) is 7.88. The number of hydrogen-bond donors (Lipinski definition) is 0. The second-order valence-corrected chi connectivity index (χ2v) is 4.61. The van der Waals surface area contributed by atoms with Gasteiger partial charge in [-0.1, -0.05) is 36.3 Å². The summed E-state index contributed by atoms with van der Waals surface area (Å²) in [5.41, 5.74) is 1.47. The molecule has 1 aromatic rings. The van der Waals surface area contributed by atoms with Crippen molar-refractivity contribution >= 4 is 0 Å². The molecule has 84 valence electrons. The highest BCUT2D eigenvalue weighted by molar-refractivity contribution is 5.15. The third kappa shape index (κ3) is 3.12. The second kappa shape index (κ2) is 5.72. The summed E-state index contributed by atoms with van der Waals surface area (Å²) in [5.74, 6) is 3.57. The van der Waals surface area contributed by atoms with Crippen LogP contribution in [0.3, 0.4) is 0 Å². The van der Waals surface area contributed by atoms with Crippen LogP contribution in [-0.4, -0.2) is 24.5 Å². The summed E-state index contributed by atoms with van der Waals surface area (Å²) in [7, 11) is 0. The molecule has 0 spiro atoms. The van der Waals surface area contributed by atoms with E-state index < -0.39 is 0 Å². The Morgan fingerprint density at radius 3 is 2.50 bits per heavy atom. The van der Waals surface area contributed by atoms with Gasteiger partial charge in [-0.2, -0.15) is 0 Å². The number of rotatable bonds is 3. The lowest BCUT2D eigenvalue weighted by Crippen LogP contribution is -2.34. The van der Waals surface area contributed by atoms with Gasteiger partial charge >= 0.3 is 0 Å². The maximum Gasteiger partial charge on any atom is 0.0598 e. The summed E-state index contributed by atoms with van der Waals surface area (Å²) in [6, 6.07) is 10.8.